The van der Waals surface area contributed by atoms with Crippen molar-refractivity contribution < 1.29 is 18.7 Å². The Balaban J connectivity index is 1.72. The van der Waals surface area contributed by atoms with Crippen LogP contribution >= 0.6 is 0 Å². The van der Waals surface area contributed by atoms with E-state index in [0.29, 0.717) is 49.3 Å². The Morgan fingerprint density at radius 2 is 2.13 bits per heavy atom. The lowest BCUT2D eigenvalue weighted by atomic mass is 9.84. The number of ether oxygens (including phenoxy) is 1. The lowest BCUT2D eigenvalue weighted by Gasteiger charge is -2.42. The number of halogens is 1. The minimum atomic E-state index is -0.597. The maximum Gasteiger partial charge on any atom is 0.223 e. The van der Waals surface area contributed by atoms with Crippen molar-refractivity contribution in [1.82, 2.24) is 15.1 Å². The molecule has 0 aliphatic carbocycles. The lowest BCUT2D eigenvalue weighted by Crippen LogP contribution is -2.56. The maximum absolute atomic E-state index is 14.4. The summed E-state index contributed by atoms with van der Waals surface area (Å²) in [5.74, 6) is 0.724. The first-order valence-corrected chi connectivity index (χ1v) is 10.8. The predicted octanol–water partition coefficient (Wildman–Crippen LogP) is 2.60. The average Bonchev–Trinajstić information content (AvgIpc) is 3.08. The van der Waals surface area contributed by atoms with Crippen molar-refractivity contribution >= 4 is 11.8 Å². The summed E-state index contributed by atoms with van der Waals surface area (Å²) >= 11 is 0. The molecule has 0 spiro atoms. The van der Waals surface area contributed by atoms with E-state index in [-0.39, 0.29) is 23.7 Å². The predicted molar refractivity (Wildman–Crippen MR) is 114 cm³/mol. The highest BCUT2D eigenvalue weighted by atomic mass is 19.1. The number of nitrogens with zero attached hydrogens (tertiary/aromatic N) is 2. The van der Waals surface area contributed by atoms with Crippen molar-refractivity contribution in [3.8, 4) is 5.75 Å². The van der Waals surface area contributed by atoms with Crippen molar-refractivity contribution in [2.24, 2.45) is 5.92 Å². The summed E-state index contributed by atoms with van der Waals surface area (Å²) < 4.78 is 19.7. The lowest BCUT2D eigenvalue weighted by molar-refractivity contribution is -0.137. The zero-order chi connectivity index (χ0) is 21.9. The number of methoxy groups -OCH3 is 1. The molecule has 1 aromatic carbocycles. The molecule has 166 valence electrons. The number of likely N-dealkylation sites (N-methyl/N-ethyl adjacent to an activating group) is 1. The highest BCUT2D eigenvalue weighted by Crippen LogP contribution is 2.32. The van der Waals surface area contributed by atoms with Gasteiger partial charge in [-0.3, -0.25) is 9.59 Å². The molecule has 2 fully saturated rings. The standard InChI is InChI=1S/C23H34FN3O3/c1-16(2)20-15-26(3)11-12-27(20)22(29)8-10-23(9-7-21(28)25-23)14-17-13-18(30-4)5-6-19(17)24/h5-6,13,16,20H,7-12,14-15H2,1-4H3,(H,25,28)/t20-,23?/m1/s1. The number of hydrogen-bond acceptors (Lipinski definition) is 4. The Hall–Kier alpha value is -2.15. The first-order valence-electron chi connectivity index (χ1n) is 10.8. The maximum atomic E-state index is 14.4. The molecule has 30 heavy (non-hydrogen) atoms. The molecule has 2 aliphatic heterocycles. The summed E-state index contributed by atoms with van der Waals surface area (Å²) in [7, 11) is 3.63. The van der Waals surface area contributed by atoms with Crippen molar-refractivity contribution in [2.75, 3.05) is 33.8 Å². The highest BCUT2D eigenvalue weighted by molar-refractivity contribution is 5.80. The number of rotatable bonds is 7. The van der Waals surface area contributed by atoms with Gasteiger partial charge in [0.15, 0.2) is 0 Å². The van der Waals surface area contributed by atoms with Gasteiger partial charge in [0.1, 0.15) is 11.6 Å². The van der Waals surface area contributed by atoms with E-state index in [1.165, 1.54) is 6.07 Å². The van der Waals surface area contributed by atoms with Crippen LogP contribution in [0.3, 0.4) is 0 Å². The summed E-state index contributed by atoms with van der Waals surface area (Å²) in [6.07, 6.45) is 2.21. The monoisotopic (exact) mass is 419 g/mol. The molecule has 2 heterocycles. The van der Waals surface area contributed by atoms with Crippen LogP contribution in [0.4, 0.5) is 4.39 Å². The van der Waals surface area contributed by atoms with Gasteiger partial charge in [0.25, 0.3) is 0 Å². The summed E-state index contributed by atoms with van der Waals surface area (Å²) in [5.41, 5.74) is -0.0940. The van der Waals surface area contributed by atoms with Crippen LogP contribution in [0.15, 0.2) is 18.2 Å². The van der Waals surface area contributed by atoms with E-state index in [0.717, 1.165) is 19.6 Å². The Morgan fingerprint density at radius 3 is 2.77 bits per heavy atom. The molecule has 1 aromatic rings. The molecule has 7 heteroatoms. The fourth-order valence-corrected chi connectivity index (χ4v) is 4.68. The number of benzene rings is 1. The van der Waals surface area contributed by atoms with Crippen LogP contribution in [0, 0.1) is 11.7 Å². The van der Waals surface area contributed by atoms with Crippen LogP contribution in [0.5, 0.6) is 5.75 Å². The van der Waals surface area contributed by atoms with Crippen LogP contribution in [-0.2, 0) is 16.0 Å². The van der Waals surface area contributed by atoms with Gasteiger partial charge in [0.05, 0.1) is 7.11 Å². The van der Waals surface area contributed by atoms with Crippen molar-refractivity contribution in [2.45, 2.75) is 57.5 Å². The summed E-state index contributed by atoms with van der Waals surface area (Å²) in [5, 5.41) is 3.05. The summed E-state index contributed by atoms with van der Waals surface area (Å²) in [4.78, 5) is 29.4. The van der Waals surface area contributed by atoms with E-state index < -0.39 is 5.54 Å². The molecule has 1 N–H and O–H groups in total. The first-order chi connectivity index (χ1) is 14.2. The molecule has 3 rings (SSSR count). The first kappa shape index (κ1) is 22.5. The topological polar surface area (TPSA) is 61.9 Å². The molecule has 2 saturated heterocycles. The second-order valence-electron chi connectivity index (χ2n) is 9.12. The summed E-state index contributed by atoms with van der Waals surface area (Å²) in [6, 6.07) is 4.85. The Morgan fingerprint density at radius 1 is 1.37 bits per heavy atom. The molecule has 0 radical (unpaired) electrons. The Labute approximate surface area is 178 Å². The van der Waals surface area contributed by atoms with Crippen LogP contribution in [0.2, 0.25) is 0 Å². The van der Waals surface area contributed by atoms with Gasteiger partial charge in [-0.15, -0.1) is 0 Å². The molecular weight excluding hydrogens is 385 g/mol. The fraction of sp³-hybridized carbons (Fsp3) is 0.652. The highest BCUT2D eigenvalue weighted by Gasteiger charge is 2.40. The van der Waals surface area contributed by atoms with Crippen LogP contribution in [0.25, 0.3) is 0 Å². The number of nitrogens with one attached hydrogen (secondary N) is 1. The molecular formula is C23H34FN3O3. The molecule has 0 aromatic heterocycles. The van der Waals surface area contributed by atoms with Gasteiger partial charge >= 0.3 is 0 Å². The molecule has 0 bridgehead atoms. The van der Waals surface area contributed by atoms with E-state index in [2.05, 4.69) is 31.1 Å². The third-order valence-corrected chi connectivity index (χ3v) is 6.55. The number of piperazine rings is 1. The molecule has 1 unspecified atom stereocenters. The Bertz CT molecular complexity index is 785. The third-order valence-electron chi connectivity index (χ3n) is 6.55. The SMILES string of the molecule is COc1ccc(F)c(CC2(CCC(=O)N3CCN(C)C[C@@H]3C(C)C)CCC(=O)N2)c1. The molecule has 2 atom stereocenters. The second-order valence-corrected chi connectivity index (χ2v) is 9.12. The molecule has 0 saturated carbocycles. The fourth-order valence-electron chi connectivity index (χ4n) is 4.68. The van der Waals surface area contributed by atoms with Gasteiger partial charge in [0.2, 0.25) is 11.8 Å². The minimum Gasteiger partial charge on any atom is -0.497 e. The zero-order valence-corrected chi connectivity index (χ0v) is 18.5. The van der Waals surface area contributed by atoms with Crippen LogP contribution in [-0.4, -0.2) is 67.0 Å². The van der Waals surface area contributed by atoms with Gasteiger partial charge < -0.3 is 19.9 Å². The molecule has 2 aliphatic rings. The smallest absolute Gasteiger partial charge is 0.223 e. The van der Waals surface area contributed by atoms with E-state index >= 15 is 0 Å². The molecule has 6 nitrogen and oxygen atoms in total. The van der Waals surface area contributed by atoms with Crippen LogP contribution in [0.1, 0.15) is 45.1 Å². The second kappa shape index (κ2) is 9.33. The van der Waals surface area contributed by atoms with Crippen molar-refractivity contribution in [1.29, 1.82) is 0 Å². The number of hydrogen-bond donors (Lipinski definition) is 1. The van der Waals surface area contributed by atoms with Gasteiger partial charge in [0, 0.05) is 44.1 Å². The van der Waals surface area contributed by atoms with Gasteiger partial charge in [-0.1, -0.05) is 13.8 Å². The Kier molecular flexibility index (Phi) is 7.01. The molecule has 2 amide bonds. The van der Waals surface area contributed by atoms with Crippen LogP contribution < -0.4 is 10.1 Å². The summed E-state index contributed by atoms with van der Waals surface area (Å²) in [6.45, 7) is 6.76. The van der Waals surface area contributed by atoms with Gasteiger partial charge in [-0.2, -0.15) is 0 Å². The quantitative estimate of drug-likeness (QED) is 0.738. The van der Waals surface area contributed by atoms with Gasteiger partial charge in [-0.05, 0) is 56.0 Å². The van der Waals surface area contributed by atoms with Crippen molar-refractivity contribution in [3.05, 3.63) is 29.6 Å². The van der Waals surface area contributed by atoms with E-state index in [4.69, 9.17) is 4.74 Å². The normalized spacial score (nSPS) is 24.9. The van der Waals surface area contributed by atoms with Crippen molar-refractivity contribution in [3.63, 3.8) is 0 Å². The van der Waals surface area contributed by atoms with E-state index in [1.807, 2.05) is 4.90 Å². The number of carbonyl (C=O) groups is 2. The average molecular weight is 420 g/mol. The third kappa shape index (κ3) is 5.12. The van der Waals surface area contributed by atoms with E-state index in [1.54, 1.807) is 19.2 Å². The zero-order valence-electron chi connectivity index (χ0n) is 18.5. The minimum absolute atomic E-state index is 0.0367. The van der Waals surface area contributed by atoms with E-state index in [9.17, 15) is 14.0 Å². The number of amides is 2. The largest absolute Gasteiger partial charge is 0.497 e. The number of carbonyl (C=O) groups excluding carboxylic acids is 2. The van der Waals surface area contributed by atoms with Gasteiger partial charge in [-0.25, -0.2) is 4.39 Å².